The molecule has 0 aliphatic heterocycles. The summed E-state index contributed by atoms with van der Waals surface area (Å²) in [6.45, 7) is 2.47. The largest absolute Gasteiger partial charge is 0.446 e. The highest BCUT2D eigenvalue weighted by Gasteiger charge is 2.18. The molecule has 0 saturated heterocycles. The number of benzene rings is 1. The molecule has 0 unspecified atom stereocenters. The number of carbonyl (C=O) groups is 2. The van der Waals surface area contributed by atoms with Crippen LogP contribution < -0.4 is 5.32 Å². The van der Waals surface area contributed by atoms with Crippen molar-refractivity contribution in [2.45, 2.75) is 26.0 Å². The Morgan fingerprint density at radius 2 is 1.84 bits per heavy atom. The highest BCUT2D eigenvalue weighted by Crippen LogP contribution is 2.08. The third-order valence-electron chi connectivity index (χ3n) is 4.39. The number of hydrogen-bond donors (Lipinski definition) is 1. The second-order valence-corrected chi connectivity index (χ2v) is 6.87. The Bertz CT molecular complexity index is 781. The monoisotopic (exact) mass is 433 g/mol. The van der Waals surface area contributed by atoms with Gasteiger partial charge >= 0.3 is 0 Å². The van der Waals surface area contributed by atoms with Gasteiger partial charge in [-0.3, -0.25) is 9.59 Å². The molecule has 2 aromatic rings. The molecule has 0 bridgehead atoms. The lowest BCUT2D eigenvalue weighted by Gasteiger charge is -2.21. The Morgan fingerprint density at radius 1 is 1.10 bits per heavy atom. The Labute approximate surface area is 182 Å². The van der Waals surface area contributed by atoms with Gasteiger partial charge in [-0.1, -0.05) is 30.3 Å². The van der Waals surface area contributed by atoms with Crippen LogP contribution in [0.2, 0.25) is 0 Å². The van der Waals surface area contributed by atoms with Gasteiger partial charge in [-0.15, -0.1) is 0 Å². The number of aromatic nitrogens is 1. The molecule has 0 fully saturated rings. The van der Waals surface area contributed by atoms with Gasteiger partial charge in [0, 0.05) is 40.5 Å². The molecule has 2 amide bonds. The van der Waals surface area contributed by atoms with Crippen molar-refractivity contribution in [1.29, 1.82) is 0 Å². The van der Waals surface area contributed by atoms with E-state index in [0.29, 0.717) is 45.8 Å². The van der Waals surface area contributed by atoms with Gasteiger partial charge in [-0.2, -0.15) is 0 Å². The third-order valence-corrected chi connectivity index (χ3v) is 4.39. The van der Waals surface area contributed by atoms with E-state index in [-0.39, 0.29) is 36.6 Å². The summed E-state index contributed by atoms with van der Waals surface area (Å²) in [5, 5.41) is 2.75. The molecule has 0 atom stereocenters. The molecule has 0 aliphatic carbocycles. The number of nitrogens with one attached hydrogen (secondary N) is 1. The minimum absolute atomic E-state index is 0.0601. The fourth-order valence-corrected chi connectivity index (χ4v) is 2.77. The van der Waals surface area contributed by atoms with Gasteiger partial charge < -0.3 is 28.8 Å². The molecule has 0 spiro atoms. The van der Waals surface area contributed by atoms with Crippen LogP contribution in [-0.4, -0.2) is 68.8 Å². The number of hydrogen-bond acceptors (Lipinski definition) is 7. The summed E-state index contributed by atoms with van der Waals surface area (Å²) < 4.78 is 21.0. The lowest BCUT2D eigenvalue weighted by atomic mass is 10.2. The first-order chi connectivity index (χ1) is 15.1. The summed E-state index contributed by atoms with van der Waals surface area (Å²) in [5.41, 5.74) is 1.17. The van der Waals surface area contributed by atoms with E-state index in [4.69, 9.17) is 18.6 Å². The number of carbonyl (C=O) groups excluding carboxylic acids is 2. The summed E-state index contributed by atoms with van der Waals surface area (Å²) in [6, 6.07) is 9.65. The summed E-state index contributed by atoms with van der Waals surface area (Å²) in [5.74, 6) is -0.221. The molecule has 1 aromatic carbocycles. The summed E-state index contributed by atoms with van der Waals surface area (Å²) >= 11 is 0. The van der Waals surface area contributed by atoms with Gasteiger partial charge in [-0.05, 0) is 18.4 Å². The van der Waals surface area contributed by atoms with Crippen LogP contribution in [0.3, 0.4) is 0 Å². The maximum atomic E-state index is 12.7. The van der Waals surface area contributed by atoms with Crippen LogP contribution in [0.15, 0.2) is 41.0 Å². The molecule has 31 heavy (non-hydrogen) atoms. The molecule has 1 heterocycles. The van der Waals surface area contributed by atoms with Crippen molar-refractivity contribution in [2.75, 3.05) is 47.1 Å². The number of rotatable bonds is 15. The van der Waals surface area contributed by atoms with E-state index in [9.17, 15) is 9.59 Å². The topological polar surface area (TPSA) is 103 Å². The molecular weight excluding hydrogens is 402 g/mol. The van der Waals surface area contributed by atoms with E-state index in [1.807, 2.05) is 30.3 Å². The van der Waals surface area contributed by atoms with E-state index < -0.39 is 0 Å². The lowest BCUT2D eigenvalue weighted by molar-refractivity contribution is -0.137. The minimum Gasteiger partial charge on any atom is -0.446 e. The smallest absolute Gasteiger partial charge is 0.273 e. The molecule has 9 nitrogen and oxygen atoms in total. The zero-order chi connectivity index (χ0) is 22.3. The van der Waals surface area contributed by atoms with Crippen LogP contribution in [0.4, 0.5) is 0 Å². The zero-order valence-corrected chi connectivity index (χ0v) is 18.2. The normalized spacial score (nSPS) is 10.8. The van der Waals surface area contributed by atoms with Crippen molar-refractivity contribution in [3.05, 3.63) is 53.7 Å². The van der Waals surface area contributed by atoms with Crippen molar-refractivity contribution < 1.29 is 28.2 Å². The van der Waals surface area contributed by atoms with E-state index in [1.54, 1.807) is 19.1 Å². The second-order valence-electron chi connectivity index (χ2n) is 6.87. The van der Waals surface area contributed by atoms with Crippen molar-refractivity contribution in [2.24, 2.45) is 0 Å². The number of amides is 2. The molecule has 0 radical (unpaired) electrons. The molecule has 1 aromatic heterocycles. The zero-order valence-electron chi connectivity index (χ0n) is 18.2. The first-order valence-electron chi connectivity index (χ1n) is 10.2. The van der Waals surface area contributed by atoms with Gasteiger partial charge in [0.15, 0.2) is 5.69 Å². The first kappa shape index (κ1) is 24.5. The summed E-state index contributed by atoms with van der Waals surface area (Å²) in [6.07, 6.45) is 2.66. The number of nitrogens with zero attached hydrogens (tertiary/aromatic N) is 2. The third kappa shape index (κ3) is 9.29. The Balaban J connectivity index is 1.88. The summed E-state index contributed by atoms with van der Waals surface area (Å²) in [7, 11) is 3.22. The van der Waals surface area contributed by atoms with Gasteiger partial charge in [0.25, 0.3) is 5.91 Å². The highest BCUT2D eigenvalue weighted by molar-refractivity contribution is 5.91. The van der Waals surface area contributed by atoms with E-state index in [2.05, 4.69) is 10.3 Å². The Hall–Kier alpha value is -2.75. The molecule has 0 aliphatic rings. The molecule has 9 heteroatoms. The van der Waals surface area contributed by atoms with Crippen molar-refractivity contribution >= 4 is 11.8 Å². The maximum absolute atomic E-state index is 12.7. The number of oxazole rings is 1. The molecule has 2 rings (SSSR count). The predicted octanol–water partition coefficient (Wildman–Crippen LogP) is 2.02. The fraction of sp³-hybridized carbons (Fsp3) is 0.500. The fourth-order valence-electron chi connectivity index (χ4n) is 2.77. The number of methoxy groups -OCH3 is 2. The highest BCUT2D eigenvalue weighted by atomic mass is 16.5. The van der Waals surface area contributed by atoms with Crippen LogP contribution in [0, 0.1) is 0 Å². The van der Waals surface area contributed by atoms with E-state index in [0.717, 1.165) is 5.56 Å². The van der Waals surface area contributed by atoms with Crippen molar-refractivity contribution in [3.63, 3.8) is 0 Å². The predicted molar refractivity (Wildman–Crippen MR) is 113 cm³/mol. The average Bonchev–Trinajstić information content (AvgIpc) is 3.25. The molecule has 170 valence electrons. The van der Waals surface area contributed by atoms with Gasteiger partial charge in [0.1, 0.15) is 12.9 Å². The van der Waals surface area contributed by atoms with Crippen LogP contribution in [0.1, 0.15) is 34.8 Å². The van der Waals surface area contributed by atoms with E-state index >= 15 is 0 Å². The molecule has 1 N–H and O–H groups in total. The van der Waals surface area contributed by atoms with Crippen molar-refractivity contribution in [3.8, 4) is 0 Å². The van der Waals surface area contributed by atoms with Crippen LogP contribution >= 0.6 is 0 Å². The quantitative estimate of drug-likeness (QED) is 0.429. The van der Waals surface area contributed by atoms with Gasteiger partial charge in [-0.25, -0.2) is 4.98 Å². The Kier molecular flexibility index (Phi) is 11.3. The van der Waals surface area contributed by atoms with Crippen LogP contribution in [0.25, 0.3) is 0 Å². The second kappa shape index (κ2) is 14.3. The standard InChI is InChI=1S/C22H31N3O6/c1-28-12-6-10-23-22(27)19-16-31-20(24-19)14-25(11-7-13-29-2)21(26)17-30-15-18-8-4-3-5-9-18/h3-5,8-9,16H,6-7,10-15,17H2,1-2H3,(H,23,27). The molecular formula is C22H31N3O6. The lowest BCUT2D eigenvalue weighted by Crippen LogP contribution is -2.35. The maximum Gasteiger partial charge on any atom is 0.273 e. The Morgan fingerprint density at radius 3 is 2.58 bits per heavy atom. The van der Waals surface area contributed by atoms with Crippen LogP contribution in [-0.2, 0) is 32.2 Å². The van der Waals surface area contributed by atoms with Crippen molar-refractivity contribution in [1.82, 2.24) is 15.2 Å². The average molecular weight is 434 g/mol. The van der Waals surface area contributed by atoms with E-state index in [1.165, 1.54) is 6.26 Å². The number of ether oxygens (including phenoxy) is 3. The summed E-state index contributed by atoms with van der Waals surface area (Å²) in [4.78, 5) is 30.6. The van der Waals surface area contributed by atoms with Gasteiger partial charge in [0.2, 0.25) is 11.8 Å². The van der Waals surface area contributed by atoms with Gasteiger partial charge in [0.05, 0.1) is 13.2 Å². The molecule has 0 saturated carbocycles. The minimum atomic E-state index is -0.324. The SMILES string of the molecule is COCCCNC(=O)c1coc(CN(CCCOC)C(=O)COCc2ccccc2)n1. The van der Waals surface area contributed by atoms with Crippen LogP contribution in [0.5, 0.6) is 0 Å². The first-order valence-corrected chi connectivity index (χ1v) is 10.2.